The highest BCUT2D eigenvalue weighted by Crippen LogP contribution is 2.10. The Morgan fingerprint density at radius 2 is 2.22 bits per heavy atom. The van der Waals surface area contributed by atoms with Crippen LogP contribution in [-0.2, 0) is 0 Å². The van der Waals surface area contributed by atoms with E-state index in [-0.39, 0.29) is 6.61 Å². The van der Waals surface area contributed by atoms with Crippen molar-refractivity contribution < 1.29 is 5.11 Å². The summed E-state index contributed by atoms with van der Waals surface area (Å²) in [5.41, 5.74) is 0. The molecule has 0 amide bonds. The quantitative estimate of drug-likeness (QED) is 0.561. The molecule has 1 heteroatoms. The van der Waals surface area contributed by atoms with Gasteiger partial charge in [0.1, 0.15) is 0 Å². The van der Waals surface area contributed by atoms with Gasteiger partial charge in [-0.1, -0.05) is 19.4 Å². The van der Waals surface area contributed by atoms with Crippen LogP contribution in [0.15, 0.2) is 12.7 Å². The Balaban J connectivity index is 3.29. The first kappa shape index (κ1) is 8.70. The summed E-state index contributed by atoms with van der Waals surface area (Å²) in [5.74, 6) is 0.528. The summed E-state index contributed by atoms with van der Waals surface area (Å²) < 4.78 is 0. The zero-order valence-electron chi connectivity index (χ0n) is 6.14. The van der Waals surface area contributed by atoms with E-state index in [4.69, 9.17) is 5.11 Å². The summed E-state index contributed by atoms with van der Waals surface area (Å²) in [6.45, 7) is 6.12. The maximum absolute atomic E-state index is 8.55. The van der Waals surface area contributed by atoms with E-state index in [0.29, 0.717) is 5.92 Å². The maximum Gasteiger partial charge on any atom is 0.0436 e. The van der Waals surface area contributed by atoms with Gasteiger partial charge in [0.15, 0.2) is 0 Å². The van der Waals surface area contributed by atoms with Crippen LogP contribution in [-0.4, -0.2) is 11.7 Å². The van der Waals surface area contributed by atoms with Crippen LogP contribution in [0.5, 0.6) is 0 Å². The second kappa shape index (κ2) is 5.83. The Labute approximate surface area is 57.4 Å². The van der Waals surface area contributed by atoms with Crippen molar-refractivity contribution >= 4 is 0 Å². The van der Waals surface area contributed by atoms with E-state index >= 15 is 0 Å². The first-order valence-electron chi connectivity index (χ1n) is 3.58. The molecule has 54 valence electrons. The van der Waals surface area contributed by atoms with E-state index in [1.54, 1.807) is 0 Å². The van der Waals surface area contributed by atoms with E-state index in [1.807, 2.05) is 6.08 Å². The minimum Gasteiger partial charge on any atom is -0.396 e. The molecule has 0 saturated heterocycles. The lowest BCUT2D eigenvalue weighted by Gasteiger charge is -2.06. The molecule has 0 heterocycles. The molecule has 0 aliphatic rings. The van der Waals surface area contributed by atoms with Crippen LogP contribution in [0.3, 0.4) is 0 Å². The monoisotopic (exact) mass is 128 g/mol. The number of rotatable bonds is 5. The van der Waals surface area contributed by atoms with Crippen LogP contribution in [0.25, 0.3) is 0 Å². The first-order valence-corrected chi connectivity index (χ1v) is 3.58. The van der Waals surface area contributed by atoms with Gasteiger partial charge < -0.3 is 5.11 Å². The standard InChI is InChI=1S/C8H16O/c1-3-5-8(4-2)6-7-9/h4,8-9H,2-3,5-7H2,1H3. The molecule has 1 unspecified atom stereocenters. The highest BCUT2D eigenvalue weighted by molar-refractivity contribution is 4.77. The summed E-state index contributed by atoms with van der Waals surface area (Å²) in [7, 11) is 0. The average molecular weight is 128 g/mol. The minimum absolute atomic E-state index is 0.288. The van der Waals surface area contributed by atoms with Gasteiger partial charge in [0.2, 0.25) is 0 Å². The number of aliphatic hydroxyl groups excluding tert-OH is 1. The van der Waals surface area contributed by atoms with Gasteiger partial charge in [-0.15, -0.1) is 6.58 Å². The van der Waals surface area contributed by atoms with Gasteiger partial charge in [0, 0.05) is 6.61 Å². The molecule has 1 atom stereocenters. The normalized spacial score (nSPS) is 13.1. The molecular formula is C8H16O. The SMILES string of the molecule is C=CC(CCC)CCO. The van der Waals surface area contributed by atoms with Crippen molar-refractivity contribution in [3.8, 4) is 0 Å². The Hall–Kier alpha value is -0.300. The Morgan fingerprint density at radius 3 is 2.56 bits per heavy atom. The Kier molecular flexibility index (Phi) is 5.64. The molecule has 0 saturated carbocycles. The van der Waals surface area contributed by atoms with Crippen LogP contribution in [0, 0.1) is 5.92 Å². The average Bonchev–Trinajstić information content (AvgIpc) is 1.88. The molecule has 0 rings (SSSR count). The van der Waals surface area contributed by atoms with Crippen molar-refractivity contribution in [2.75, 3.05) is 6.61 Å². The second-order valence-corrected chi connectivity index (χ2v) is 2.30. The van der Waals surface area contributed by atoms with Gasteiger partial charge in [-0.25, -0.2) is 0 Å². The summed E-state index contributed by atoms with van der Waals surface area (Å²) in [6.07, 6.45) is 5.14. The summed E-state index contributed by atoms with van der Waals surface area (Å²) in [6, 6.07) is 0. The molecule has 0 aromatic heterocycles. The van der Waals surface area contributed by atoms with E-state index in [1.165, 1.54) is 6.42 Å². The van der Waals surface area contributed by atoms with Gasteiger partial charge in [0.05, 0.1) is 0 Å². The predicted octanol–water partition coefficient (Wildman–Crippen LogP) is 1.97. The van der Waals surface area contributed by atoms with Gasteiger partial charge in [-0.3, -0.25) is 0 Å². The fourth-order valence-electron chi connectivity index (χ4n) is 0.917. The van der Waals surface area contributed by atoms with E-state index < -0.39 is 0 Å². The van der Waals surface area contributed by atoms with Crippen molar-refractivity contribution in [3.63, 3.8) is 0 Å². The molecule has 0 fully saturated rings. The smallest absolute Gasteiger partial charge is 0.0436 e. The number of allylic oxidation sites excluding steroid dienone is 1. The lowest BCUT2D eigenvalue weighted by Crippen LogP contribution is -1.97. The molecule has 0 aromatic carbocycles. The van der Waals surface area contributed by atoms with E-state index in [0.717, 1.165) is 12.8 Å². The third-order valence-electron chi connectivity index (χ3n) is 1.49. The molecule has 1 nitrogen and oxygen atoms in total. The lowest BCUT2D eigenvalue weighted by atomic mass is 10.0. The van der Waals surface area contributed by atoms with Gasteiger partial charge in [-0.2, -0.15) is 0 Å². The third kappa shape index (κ3) is 4.22. The number of aliphatic hydroxyl groups is 1. The Morgan fingerprint density at radius 1 is 1.56 bits per heavy atom. The zero-order chi connectivity index (χ0) is 7.11. The van der Waals surface area contributed by atoms with Gasteiger partial charge in [-0.05, 0) is 18.8 Å². The molecule has 0 aliphatic heterocycles. The highest BCUT2D eigenvalue weighted by Gasteiger charge is 1.99. The highest BCUT2D eigenvalue weighted by atomic mass is 16.3. The Bertz CT molecular complexity index is 63.0. The largest absolute Gasteiger partial charge is 0.396 e. The molecular weight excluding hydrogens is 112 g/mol. The van der Waals surface area contributed by atoms with Crippen molar-refractivity contribution in [1.82, 2.24) is 0 Å². The molecule has 1 N–H and O–H groups in total. The third-order valence-corrected chi connectivity index (χ3v) is 1.49. The fraction of sp³-hybridized carbons (Fsp3) is 0.750. The van der Waals surface area contributed by atoms with Crippen LogP contribution in [0.1, 0.15) is 26.2 Å². The fourth-order valence-corrected chi connectivity index (χ4v) is 0.917. The van der Waals surface area contributed by atoms with Crippen LogP contribution < -0.4 is 0 Å². The first-order chi connectivity index (χ1) is 4.35. The van der Waals surface area contributed by atoms with Gasteiger partial charge in [0.25, 0.3) is 0 Å². The summed E-state index contributed by atoms with van der Waals surface area (Å²) >= 11 is 0. The van der Waals surface area contributed by atoms with E-state index in [9.17, 15) is 0 Å². The van der Waals surface area contributed by atoms with Crippen molar-refractivity contribution in [2.45, 2.75) is 26.2 Å². The topological polar surface area (TPSA) is 20.2 Å². The number of hydrogen-bond donors (Lipinski definition) is 1. The van der Waals surface area contributed by atoms with Crippen LogP contribution in [0.4, 0.5) is 0 Å². The molecule has 9 heavy (non-hydrogen) atoms. The number of hydrogen-bond acceptors (Lipinski definition) is 1. The zero-order valence-corrected chi connectivity index (χ0v) is 6.14. The summed E-state index contributed by atoms with van der Waals surface area (Å²) in [5, 5.41) is 8.55. The molecule has 0 spiro atoms. The van der Waals surface area contributed by atoms with Gasteiger partial charge >= 0.3 is 0 Å². The van der Waals surface area contributed by atoms with Crippen molar-refractivity contribution in [2.24, 2.45) is 5.92 Å². The van der Waals surface area contributed by atoms with E-state index in [2.05, 4.69) is 13.5 Å². The van der Waals surface area contributed by atoms with Crippen LogP contribution >= 0.6 is 0 Å². The second-order valence-electron chi connectivity index (χ2n) is 2.30. The van der Waals surface area contributed by atoms with Crippen LogP contribution in [0.2, 0.25) is 0 Å². The predicted molar refractivity (Wildman–Crippen MR) is 40.3 cm³/mol. The minimum atomic E-state index is 0.288. The molecule has 0 aliphatic carbocycles. The molecule has 0 bridgehead atoms. The molecule has 0 aromatic rings. The molecule has 0 radical (unpaired) electrons. The van der Waals surface area contributed by atoms with Crippen molar-refractivity contribution in [1.29, 1.82) is 0 Å². The maximum atomic E-state index is 8.55. The van der Waals surface area contributed by atoms with Crippen molar-refractivity contribution in [3.05, 3.63) is 12.7 Å². The lowest BCUT2D eigenvalue weighted by molar-refractivity contribution is 0.266. The summed E-state index contributed by atoms with van der Waals surface area (Å²) in [4.78, 5) is 0.